The second-order valence-corrected chi connectivity index (χ2v) is 4.05. The van der Waals surface area contributed by atoms with E-state index in [1.807, 2.05) is 6.07 Å². The third-order valence-electron chi connectivity index (χ3n) is 2.86. The topological polar surface area (TPSA) is 77.1 Å². The molecule has 2 rings (SSSR count). The molecule has 6 nitrogen and oxygen atoms in total. The Morgan fingerprint density at radius 2 is 1.90 bits per heavy atom. The molecule has 0 aliphatic carbocycles. The van der Waals surface area contributed by atoms with E-state index in [0.717, 1.165) is 10.2 Å². The molecule has 0 unspecified atom stereocenters. The number of nitriles is 1. The van der Waals surface area contributed by atoms with Gasteiger partial charge in [-0.3, -0.25) is 4.79 Å². The van der Waals surface area contributed by atoms with Crippen molar-refractivity contribution in [3.05, 3.63) is 40.2 Å². The predicted molar refractivity (Wildman–Crippen MR) is 72.7 cm³/mol. The first-order chi connectivity index (χ1) is 9.60. The Morgan fingerprint density at radius 1 is 1.20 bits per heavy atom. The molecule has 0 N–H and O–H groups in total. The molecule has 0 amide bonds. The van der Waals surface area contributed by atoms with Crippen LogP contribution in [0, 0.1) is 11.3 Å². The predicted octanol–water partition coefficient (Wildman–Crippen LogP) is 1.34. The van der Waals surface area contributed by atoms with Crippen molar-refractivity contribution in [2.24, 2.45) is 7.05 Å². The summed E-state index contributed by atoms with van der Waals surface area (Å²) in [4.78, 5) is 11.6. The largest absolute Gasteiger partial charge is 0.493 e. The van der Waals surface area contributed by atoms with Crippen LogP contribution in [0.15, 0.2) is 29.1 Å². The summed E-state index contributed by atoms with van der Waals surface area (Å²) in [7, 11) is 4.60. The van der Waals surface area contributed by atoms with Gasteiger partial charge in [0.2, 0.25) is 0 Å². The van der Waals surface area contributed by atoms with E-state index in [9.17, 15) is 4.79 Å². The molecule has 102 valence electrons. The lowest BCUT2D eigenvalue weighted by molar-refractivity contribution is 0.355. The third kappa shape index (κ3) is 2.34. The summed E-state index contributed by atoms with van der Waals surface area (Å²) in [6, 6.07) is 8.60. The van der Waals surface area contributed by atoms with Gasteiger partial charge in [0.1, 0.15) is 11.6 Å². The summed E-state index contributed by atoms with van der Waals surface area (Å²) in [6.07, 6.45) is 0. The van der Waals surface area contributed by atoms with E-state index in [1.165, 1.54) is 20.2 Å². The highest BCUT2D eigenvalue weighted by Gasteiger charge is 2.10. The van der Waals surface area contributed by atoms with Crippen LogP contribution in [0.5, 0.6) is 11.5 Å². The first-order valence-electron chi connectivity index (χ1n) is 5.81. The maximum atomic E-state index is 11.6. The molecular formula is C14H13N3O3. The normalized spacial score (nSPS) is 9.90. The van der Waals surface area contributed by atoms with Gasteiger partial charge in [-0.2, -0.15) is 10.4 Å². The Kier molecular flexibility index (Phi) is 3.71. The summed E-state index contributed by atoms with van der Waals surface area (Å²) < 4.78 is 11.5. The monoisotopic (exact) mass is 271 g/mol. The van der Waals surface area contributed by atoms with Crippen LogP contribution in [0.4, 0.5) is 0 Å². The number of hydrogen-bond acceptors (Lipinski definition) is 5. The highest BCUT2D eigenvalue weighted by Crippen LogP contribution is 2.31. The lowest BCUT2D eigenvalue weighted by Crippen LogP contribution is -2.22. The molecule has 0 atom stereocenters. The zero-order chi connectivity index (χ0) is 14.7. The minimum atomic E-state index is -0.420. The number of aryl methyl sites for hydroxylation is 1. The molecule has 0 saturated heterocycles. The van der Waals surface area contributed by atoms with E-state index in [1.54, 1.807) is 25.3 Å². The summed E-state index contributed by atoms with van der Waals surface area (Å²) >= 11 is 0. The maximum absolute atomic E-state index is 11.6. The molecule has 0 saturated carbocycles. The molecule has 6 heteroatoms. The van der Waals surface area contributed by atoms with E-state index in [4.69, 9.17) is 14.7 Å². The highest BCUT2D eigenvalue weighted by molar-refractivity contribution is 5.64. The quantitative estimate of drug-likeness (QED) is 0.841. The van der Waals surface area contributed by atoms with Crippen LogP contribution in [0.1, 0.15) is 5.56 Å². The number of nitrogens with zero attached hydrogens (tertiary/aromatic N) is 3. The average Bonchev–Trinajstić information content (AvgIpc) is 2.49. The van der Waals surface area contributed by atoms with Crippen molar-refractivity contribution in [3.8, 4) is 28.8 Å². The molecule has 20 heavy (non-hydrogen) atoms. The van der Waals surface area contributed by atoms with Crippen molar-refractivity contribution in [2.75, 3.05) is 14.2 Å². The molecule has 0 spiro atoms. The van der Waals surface area contributed by atoms with Gasteiger partial charge < -0.3 is 9.47 Å². The van der Waals surface area contributed by atoms with Gasteiger partial charge in [-0.25, -0.2) is 4.68 Å². The standard InChI is InChI=1S/C14H13N3O3/c1-17-14(18)10(8-15)6-11(16-17)9-4-5-12(19-2)13(7-9)20-3/h4-7H,1-3H3. The van der Waals surface area contributed by atoms with E-state index in [0.29, 0.717) is 17.2 Å². The first-order valence-corrected chi connectivity index (χ1v) is 5.81. The van der Waals surface area contributed by atoms with E-state index in [-0.39, 0.29) is 5.56 Å². The smallest absolute Gasteiger partial charge is 0.284 e. The summed E-state index contributed by atoms with van der Waals surface area (Å²) in [5, 5.41) is 13.1. The van der Waals surface area contributed by atoms with Gasteiger partial charge in [0, 0.05) is 12.6 Å². The minimum Gasteiger partial charge on any atom is -0.493 e. The van der Waals surface area contributed by atoms with Crippen LogP contribution in [-0.2, 0) is 7.05 Å². The van der Waals surface area contributed by atoms with Crippen molar-refractivity contribution in [3.63, 3.8) is 0 Å². The van der Waals surface area contributed by atoms with Crippen LogP contribution < -0.4 is 15.0 Å². The molecule has 1 aromatic carbocycles. The molecule has 0 fully saturated rings. The van der Waals surface area contributed by atoms with Gasteiger partial charge in [0.25, 0.3) is 5.56 Å². The molecule has 0 aliphatic rings. The number of rotatable bonds is 3. The minimum absolute atomic E-state index is 0.0484. The summed E-state index contributed by atoms with van der Waals surface area (Å²) in [5.74, 6) is 1.15. The number of aromatic nitrogens is 2. The maximum Gasteiger partial charge on any atom is 0.284 e. The number of methoxy groups -OCH3 is 2. The van der Waals surface area contributed by atoms with Crippen LogP contribution >= 0.6 is 0 Å². The van der Waals surface area contributed by atoms with Gasteiger partial charge >= 0.3 is 0 Å². The zero-order valence-electron chi connectivity index (χ0n) is 11.4. The fourth-order valence-corrected chi connectivity index (χ4v) is 1.83. The SMILES string of the molecule is COc1ccc(-c2cc(C#N)c(=O)n(C)n2)cc1OC. The number of benzene rings is 1. The first kappa shape index (κ1) is 13.6. The average molecular weight is 271 g/mol. The fraction of sp³-hybridized carbons (Fsp3) is 0.214. The second kappa shape index (κ2) is 5.45. The third-order valence-corrected chi connectivity index (χ3v) is 2.86. The van der Waals surface area contributed by atoms with Crippen molar-refractivity contribution < 1.29 is 9.47 Å². The second-order valence-electron chi connectivity index (χ2n) is 4.05. The molecule has 0 aliphatic heterocycles. The summed E-state index contributed by atoms with van der Waals surface area (Å²) in [6.45, 7) is 0. The van der Waals surface area contributed by atoms with E-state index < -0.39 is 5.56 Å². The number of hydrogen-bond donors (Lipinski definition) is 0. The summed E-state index contributed by atoms with van der Waals surface area (Å²) in [5.41, 5.74) is 0.878. The molecule has 0 radical (unpaired) electrons. The van der Waals surface area contributed by atoms with Gasteiger partial charge in [-0.1, -0.05) is 0 Å². The lowest BCUT2D eigenvalue weighted by atomic mass is 10.1. The Balaban J connectivity index is 2.60. The Bertz CT molecular complexity index is 744. The molecule has 0 bridgehead atoms. The van der Waals surface area contributed by atoms with Crippen molar-refractivity contribution in [1.29, 1.82) is 5.26 Å². The zero-order valence-corrected chi connectivity index (χ0v) is 11.4. The van der Waals surface area contributed by atoms with Gasteiger partial charge in [-0.05, 0) is 24.3 Å². The Labute approximate surface area is 115 Å². The van der Waals surface area contributed by atoms with Crippen molar-refractivity contribution in [2.45, 2.75) is 0 Å². The van der Waals surface area contributed by atoms with E-state index >= 15 is 0 Å². The lowest BCUT2D eigenvalue weighted by Gasteiger charge is -2.10. The fourth-order valence-electron chi connectivity index (χ4n) is 1.83. The Hall–Kier alpha value is -2.81. The molecule has 2 aromatic rings. The molecular weight excluding hydrogens is 258 g/mol. The van der Waals surface area contributed by atoms with Crippen LogP contribution in [0.25, 0.3) is 11.3 Å². The number of ether oxygens (including phenoxy) is 2. The van der Waals surface area contributed by atoms with Crippen molar-refractivity contribution >= 4 is 0 Å². The van der Waals surface area contributed by atoms with Crippen LogP contribution in [-0.4, -0.2) is 24.0 Å². The van der Waals surface area contributed by atoms with Gasteiger partial charge in [0.05, 0.1) is 19.9 Å². The van der Waals surface area contributed by atoms with Crippen molar-refractivity contribution in [1.82, 2.24) is 9.78 Å². The van der Waals surface area contributed by atoms with Crippen LogP contribution in [0.2, 0.25) is 0 Å². The molecule has 1 aromatic heterocycles. The molecule has 1 heterocycles. The van der Waals surface area contributed by atoms with E-state index in [2.05, 4.69) is 5.10 Å². The highest BCUT2D eigenvalue weighted by atomic mass is 16.5. The van der Waals surface area contributed by atoms with Crippen LogP contribution in [0.3, 0.4) is 0 Å². The van der Waals surface area contributed by atoms with Gasteiger partial charge in [-0.15, -0.1) is 0 Å². The Morgan fingerprint density at radius 3 is 2.50 bits per heavy atom. The van der Waals surface area contributed by atoms with Gasteiger partial charge in [0.15, 0.2) is 11.5 Å².